The molecule has 158 valence electrons. The van der Waals surface area contributed by atoms with Crippen LogP contribution in [0, 0.1) is 0 Å². The molecule has 5 nitrogen and oxygen atoms in total. The molecule has 3 rings (SSSR count). The summed E-state index contributed by atoms with van der Waals surface area (Å²) in [4.78, 5) is 2.10. The molecule has 1 aliphatic rings. The van der Waals surface area contributed by atoms with E-state index in [2.05, 4.69) is 28.4 Å². The molecule has 0 amide bonds. The molecule has 29 heavy (non-hydrogen) atoms. The van der Waals surface area contributed by atoms with Crippen molar-refractivity contribution in [2.24, 2.45) is 0 Å². The Morgan fingerprint density at radius 3 is 2.55 bits per heavy atom. The quantitative estimate of drug-likeness (QED) is 0.606. The van der Waals surface area contributed by atoms with Crippen LogP contribution in [0.3, 0.4) is 0 Å². The predicted octanol–water partition coefficient (Wildman–Crippen LogP) is 3.60. The van der Waals surface area contributed by atoms with Gasteiger partial charge in [0.05, 0.1) is 7.11 Å². The van der Waals surface area contributed by atoms with Gasteiger partial charge in [0.25, 0.3) is 0 Å². The van der Waals surface area contributed by atoms with Crippen LogP contribution in [0.15, 0.2) is 48.5 Å². The Balaban J connectivity index is 1.49. The molecular formula is C24H34N2O3. The molecule has 0 spiro atoms. The van der Waals surface area contributed by atoms with Crippen LogP contribution in [0.5, 0.6) is 11.5 Å². The highest BCUT2D eigenvalue weighted by Gasteiger charge is 2.15. The van der Waals surface area contributed by atoms with Gasteiger partial charge in [0, 0.05) is 25.7 Å². The van der Waals surface area contributed by atoms with Crippen molar-refractivity contribution < 1.29 is 14.6 Å². The number of methoxy groups -OCH3 is 1. The zero-order valence-electron chi connectivity index (χ0n) is 17.6. The van der Waals surface area contributed by atoms with Crippen molar-refractivity contribution in [3.8, 4) is 11.5 Å². The van der Waals surface area contributed by atoms with E-state index in [9.17, 15) is 5.11 Å². The highest BCUT2D eigenvalue weighted by atomic mass is 16.5. The van der Waals surface area contributed by atoms with Gasteiger partial charge in [-0.15, -0.1) is 0 Å². The maximum Gasteiger partial charge on any atom is 0.161 e. The number of aliphatic hydroxyl groups is 1. The number of hydrogen-bond acceptors (Lipinski definition) is 5. The number of nitrogens with one attached hydrogen (secondary N) is 1. The van der Waals surface area contributed by atoms with Gasteiger partial charge < -0.3 is 19.9 Å². The summed E-state index contributed by atoms with van der Waals surface area (Å²) >= 11 is 0. The van der Waals surface area contributed by atoms with Gasteiger partial charge in [0.2, 0.25) is 0 Å². The maximum absolute atomic E-state index is 10.4. The van der Waals surface area contributed by atoms with Crippen LogP contribution >= 0.6 is 0 Å². The van der Waals surface area contributed by atoms with E-state index in [1.165, 1.54) is 36.8 Å². The summed E-state index contributed by atoms with van der Waals surface area (Å²) in [5.74, 6) is 1.38. The molecule has 1 aliphatic carbocycles. The Morgan fingerprint density at radius 1 is 1.07 bits per heavy atom. The molecule has 2 aromatic carbocycles. The van der Waals surface area contributed by atoms with Gasteiger partial charge in [-0.3, -0.25) is 4.90 Å². The average molecular weight is 399 g/mol. The van der Waals surface area contributed by atoms with Crippen molar-refractivity contribution in [2.45, 2.75) is 50.9 Å². The van der Waals surface area contributed by atoms with Gasteiger partial charge in [-0.05, 0) is 43.1 Å². The van der Waals surface area contributed by atoms with Gasteiger partial charge in [0.15, 0.2) is 11.5 Å². The standard InChI is InChI=1S/C24H34N2O3/c1-26(16-19-8-4-3-5-9-19)17-22(27)18-29-24-14-20(12-13-23(24)28-2)15-25-21-10-6-7-11-21/h3-5,8-9,12-14,21-22,25,27H,6-7,10-11,15-18H2,1-2H3/t22-/m1/s1. The van der Waals surface area contributed by atoms with Crippen LogP contribution < -0.4 is 14.8 Å². The van der Waals surface area contributed by atoms with E-state index < -0.39 is 6.10 Å². The third kappa shape index (κ3) is 7.03. The summed E-state index contributed by atoms with van der Waals surface area (Å²) in [5.41, 5.74) is 2.40. The summed E-state index contributed by atoms with van der Waals surface area (Å²) in [7, 11) is 3.65. The number of nitrogens with zero attached hydrogens (tertiary/aromatic N) is 1. The van der Waals surface area contributed by atoms with Crippen molar-refractivity contribution in [1.29, 1.82) is 0 Å². The lowest BCUT2D eigenvalue weighted by atomic mass is 10.1. The summed E-state index contributed by atoms with van der Waals surface area (Å²) in [5, 5.41) is 14.0. The van der Waals surface area contributed by atoms with Crippen LogP contribution in [-0.4, -0.2) is 49.5 Å². The Bertz CT molecular complexity index is 732. The lowest BCUT2D eigenvalue weighted by Crippen LogP contribution is -2.32. The highest BCUT2D eigenvalue weighted by molar-refractivity contribution is 5.43. The Morgan fingerprint density at radius 2 is 1.83 bits per heavy atom. The van der Waals surface area contributed by atoms with E-state index in [4.69, 9.17) is 9.47 Å². The minimum atomic E-state index is -0.575. The summed E-state index contributed by atoms with van der Waals surface area (Å²) < 4.78 is 11.4. The molecule has 1 saturated carbocycles. The fraction of sp³-hybridized carbons (Fsp3) is 0.500. The second-order valence-electron chi connectivity index (χ2n) is 7.99. The fourth-order valence-corrected chi connectivity index (χ4v) is 3.89. The van der Waals surface area contributed by atoms with E-state index in [0.717, 1.165) is 13.1 Å². The molecule has 1 atom stereocenters. The largest absolute Gasteiger partial charge is 0.493 e. The Kier molecular flexibility index (Phi) is 8.35. The van der Waals surface area contributed by atoms with Crippen molar-refractivity contribution in [1.82, 2.24) is 10.2 Å². The first-order valence-corrected chi connectivity index (χ1v) is 10.6. The van der Waals surface area contributed by atoms with E-state index in [1.807, 2.05) is 37.4 Å². The van der Waals surface area contributed by atoms with Gasteiger partial charge >= 0.3 is 0 Å². The number of hydrogen-bond donors (Lipinski definition) is 2. The van der Waals surface area contributed by atoms with Crippen LogP contribution in [0.4, 0.5) is 0 Å². The minimum absolute atomic E-state index is 0.231. The van der Waals surface area contributed by atoms with E-state index in [1.54, 1.807) is 7.11 Å². The molecule has 5 heteroatoms. The fourth-order valence-electron chi connectivity index (χ4n) is 3.89. The molecule has 1 fully saturated rings. The average Bonchev–Trinajstić information content (AvgIpc) is 3.25. The smallest absolute Gasteiger partial charge is 0.161 e. The van der Waals surface area contributed by atoms with Gasteiger partial charge in [-0.2, -0.15) is 0 Å². The minimum Gasteiger partial charge on any atom is -0.493 e. The zero-order valence-corrected chi connectivity index (χ0v) is 17.6. The monoisotopic (exact) mass is 398 g/mol. The third-order valence-electron chi connectivity index (χ3n) is 5.43. The van der Waals surface area contributed by atoms with E-state index in [0.29, 0.717) is 24.1 Å². The highest BCUT2D eigenvalue weighted by Crippen LogP contribution is 2.28. The van der Waals surface area contributed by atoms with Crippen LogP contribution in [0.1, 0.15) is 36.8 Å². The molecule has 2 N–H and O–H groups in total. The Hall–Kier alpha value is -2.08. The van der Waals surface area contributed by atoms with Crippen molar-refractivity contribution in [3.63, 3.8) is 0 Å². The first-order valence-electron chi connectivity index (χ1n) is 10.6. The normalized spacial score (nSPS) is 15.6. The van der Waals surface area contributed by atoms with Crippen molar-refractivity contribution >= 4 is 0 Å². The second kappa shape index (κ2) is 11.2. The summed E-state index contributed by atoms with van der Waals surface area (Å²) in [6, 6.07) is 16.9. The lowest BCUT2D eigenvalue weighted by molar-refractivity contribution is 0.0732. The number of benzene rings is 2. The summed E-state index contributed by atoms with van der Waals surface area (Å²) in [6.07, 6.45) is 4.61. The maximum atomic E-state index is 10.4. The van der Waals surface area contributed by atoms with Crippen molar-refractivity contribution in [2.75, 3.05) is 27.3 Å². The van der Waals surface area contributed by atoms with Crippen LogP contribution in [0.25, 0.3) is 0 Å². The first-order chi connectivity index (χ1) is 14.1. The van der Waals surface area contributed by atoms with Crippen LogP contribution in [-0.2, 0) is 13.1 Å². The lowest BCUT2D eigenvalue weighted by Gasteiger charge is -2.21. The molecule has 0 aromatic heterocycles. The number of aliphatic hydroxyl groups excluding tert-OH is 1. The second-order valence-corrected chi connectivity index (χ2v) is 7.99. The molecule has 0 aliphatic heterocycles. The number of rotatable bonds is 11. The van der Waals surface area contributed by atoms with Crippen molar-refractivity contribution in [3.05, 3.63) is 59.7 Å². The molecule has 0 saturated heterocycles. The third-order valence-corrected chi connectivity index (χ3v) is 5.43. The van der Waals surface area contributed by atoms with E-state index >= 15 is 0 Å². The topological polar surface area (TPSA) is 54.0 Å². The molecular weight excluding hydrogens is 364 g/mol. The van der Waals surface area contributed by atoms with Gasteiger partial charge in [-0.1, -0.05) is 49.2 Å². The van der Waals surface area contributed by atoms with Crippen LogP contribution in [0.2, 0.25) is 0 Å². The summed E-state index contributed by atoms with van der Waals surface area (Å²) in [6.45, 7) is 2.39. The number of likely N-dealkylation sites (N-methyl/N-ethyl adjacent to an activating group) is 1. The molecule has 0 unspecified atom stereocenters. The molecule has 0 bridgehead atoms. The predicted molar refractivity (Wildman–Crippen MR) is 116 cm³/mol. The van der Waals surface area contributed by atoms with Gasteiger partial charge in [0.1, 0.15) is 12.7 Å². The first kappa shape index (κ1) is 21.6. The zero-order chi connectivity index (χ0) is 20.5. The molecule has 2 aromatic rings. The molecule has 0 radical (unpaired) electrons. The van der Waals surface area contributed by atoms with Gasteiger partial charge in [-0.25, -0.2) is 0 Å². The van der Waals surface area contributed by atoms with E-state index in [-0.39, 0.29) is 6.61 Å². The SMILES string of the molecule is COc1ccc(CNC2CCCC2)cc1OC[C@H](O)CN(C)Cc1ccccc1. The Labute approximate surface area is 174 Å². The molecule has 0 heterocycles. The number of ether oxygens (including phenoxy) is 2.